The van der Waals surface area contributed by atoms with Crippen LogP contribution in [0.3, 0.4) is 0 Å². The van der Waals surface area contributed by atoms with E-state index in [0.717, 1.165) is 37.8 Å². The van der Waals surface area contributed by atoms with Crippen LogP contribution in [0, 0.1) is 5.82 Å². The Morgan fingerprint density at radius 3 is 2.46 bits per heavy atom. The Kier molecular flexibility index (Phi) is 11.8. The van der Waals surface area contributed by atoms with E-state index in [1.165, 1.54) is 6.20 Å². The molecule has 0 radical (unpaired) electrons. The van der Waals surface area contributed by atoms with E-state index in [1.54, 1.807) is 19.2 Å². The van der Waals surface area contributed by atoms with Gasteiger partial charge in [0.25, 0.3) is 0 Å². The SMILES string of the molecule is CC.CC.CCOc1ccc(CNC23CCC(CCc4c(F)cnc5ccc(OC)nc45)(CC2)OC3)nc1NC=O. The highest BCUT2D eigenvalue weighted by molar-refractivity contribution is 5.78. The van der Waals surface area contributed by atoms with Crippen molar-refractivity contribution >= 4 is 23.3 Å². The number of halogens is 1. The van der Waals surface area contributed by atoms with Gasteiger partial charge in [-0.25, -0.2) is 14.4 Å². The van der Waals surface area contributed by atoms with Gasteiger partial charge in [0.05, 0.1) is 48.8 Å². The Morgan fingerprint density at radius 1 is 1.07 bits per heavy atom. The first-order chi connectivity index (χ1) is 20.0. The Labute approximate surface area is 242 Å². The van der Waals surface area contributed by atoms with Crippen LogP contribution in [0.25, 0.3) is 11.0 Å². The fraction of sp³-hybridized carbons (Fsp3) is 0.548. The number of ether oxygens (including phenoxy) is 3. The van der Waals surface area contributed by atoms with Gasteiger partial charge in [0.1, 0.15) is 5.82 Å². The van der Waals surface area contributed by atoms with Gasteiger partial charge in [-0.05, 0) is 63.6 Å². The zero-order valence-corrected chi connectivity index (χ0v) is 25.2. The van der Waals surface area contributed by atoms with Crippen molar-refractivity contribution in [2.45, 2.75) is 90.8 Å². The van der Waals surface area contributed by atoms with E-state index in [0.29, 0.717) is 66.6 Å². The number of carbonyl (C=O) groups is 1. The fourth-order valence-electron chi connectivity index (χ4n) is 5.39. The summed E-state index contributed by atoms with van der Waals surface area (Å²) in [6, 6.07) is 7.26. The number of amides is 1. The van der Waals surface area contributed by atoms with Crippen molar-refractivity contribution in [1.29, 1.82) is 0 Å². The molecule has 0 spiro atoms. The normalized spacial score (nSPS) is 20.8. The summed E-state index contributed by atoms with van der Waals surface area (Å²) < 4.78 is 32.0. The van der Waals surface area contributed by atoms with Crippen LogP contribution in [0.1, 0.15) is 78.0 Å². The van der Waals surface area contributed by atoms with Gasteiger partial charge in [-0.3, -0.25) is 9.78 Å². The highest BCUT2D eigenvalue weighted by Gasteiger charge is 2.49. The lowest BCUT2D eigenvalue weighted by Crippen LogP contribution is -2.61. The molecule has 2 saturated heterocycles. The molecule has 3 fully saturated rings. The molecule has 2 bridgehead atoms. The predicted octanol–water partition coefficient (Wildman–Crippen LogP) is 6.00. The summed E-state index contributed by atoms with van der Waals surface area (Å²) in [6.07, 6.45) is 6.85. The summed E-state index contributed by atoms with van der Waals surface area (Å²) in [5.74, 6) is 1.06. The van der Waals surface area contributed by atoms with Crippen LogP contribution >= 0.6 is 0 Å². The zero-order valence-electron chi connectivity index (χ0n) is 25.2. The quantitative estimate of drug-likeness (QED) is 0.271. The molecule has 2 N–H and O–H groups in total. The minimum absolute atomic E-state index is 0.121. The van der Waals surface area contributed by atoms with Crippen LogP contribution in [0.4, 0.5) is 10.2 Å². The van der Waals surface area contributed by atoms with Crippen molar-refractivity contribution < 1.29 is 23.4 Å². The van der Waals surface area contributed by atoms with Gasteiger partial charge in [0, 0.05) is 23.7 Å². The Balaban J connectivity index is 0.00000111. The molecule has 3 aliphatic rings. The highest BCUT2D eigenvalue weighted by atomic mass is 19.1. The van der Waals surface area contributed by atoms with E-state index >= 15 is 0 Å². The van der Waals surface area contributed by atoms with E-state index in [4.69, 9.17) is 14.2 Å². The van der Waals surface area contributed by atoms with Gasteiger partial charge in [-0.2, -0.15) is 0 Å². The maximum atomic E-state index is 14.8. The van der Waals surface area contributed by atoms with Crippen LogP contribution in [-0.2, 0) is 22.5 Å². The summed E-state index contributed by atoms with van der Waals surface area (Å²) >= 11 is 0. The number of hydrogen-bond donors (Lipinski definition) is 2. The summed E-state index contributed by atoms with van der Waals surface area (Å²) in [4.78, 5) is 24.1. The van der Waals surface area contributed by atoms with Gasteiger partial charge < -0.3 is 24.8 Å². The lowest BCUT2D eigenvalue weighted by Gasteiger charge is -2.53. The van der Waals surface area contributed by atoms with Crippen molar-refractivity contribution in [3.05, 3.63) is 47.5 Å². The number of rotatable bonds is 11. The first kappa shape index (κ1) is 32.1. The van der Waals surface area contributed by atoms with Crippen molar-refractivity contribution in [2.24, 2.45) is 0 Å². The van der Waals surface area contributed by atoms with Crippen LogP contribution in [0.2, 0.25) is 0 Å². The number of aromatic nitrogens is 3. The minimum atomic E-state index is -0.349. The molecule has 41 heavy (non-hydrogen) atoms. The molecule has 0 unspecified atom stereocenters. The smallest absolute Gasteiger partial charge is 0.213 e. The molecule has 1 amide bonds. The monoisotopic (exact) mass is 569 g/mol. The summed E-state index contributed by atoms with van der Waals surface area (Å²) in [5.41, 5.74) is 2.19. The lowest BCUT2D eigenvalue weighted by molar-refractivity contribution is -0.165. The molecule has 1 saturated carbocycles. The van der Waals surface area contributed by atoms with E-state index in [2.05, 4.69) is 25.6 Å². The number of fused-ring (bicyclic) bond motifs is 4. The number of anilines is 1. The summed E-state index contributed by atoms with van der Waals surface area (Å²) in [7, 11) is 1.55. The number of hydrogen-bond acceptors (Lipinski definition) is 8. The van der Waals surface area contributed by atoms with Crippen molar-refractivity contribution in [3.8, 4) is 11.6 Å². The minimum Gasteiger partial charge on any atom is -0.490 e. The van der Waals surface area contributed by atoms with E-state index in [1.807, 2.05) is 46.8 Å². The number of methoxy groups -OCH3 is 1. The molecule has 9 nitrogen and oxygen atoms in total. The molecule has 6 rings (SSSR count). The Hall–Kier alpha value is -3.37. The molecule has 3 aromatic heterocycles. The first-order valence-electron chi connectivity index (χ1n) is 14.7. The molecule has 0 atom stereocenters. The van der Waals surface area contributed by atoms with Gasteiger partial charge in [0.2, 0.25) is 12.3 Å². The van der Waals surface area contributed by atoms with Crippen LogP contribution in [0.15, 0.2) is 30.5 Å². The third-order valence-electron chi connectivity index (χ3n) is 7.61. The molecule has 5 heterocycles. The molecule has 1 aliphatic carbocycles. The third-order valence-corrected chi connectivity index (χ3v) is 7.61. The van der Waals surface area contributed by atoms with Gasteiger partial charge in [-0.1, -0.05) is 27.7 Å². The predicted molar refractivity (Wildman–Crippen MR) is 159 cm³/mol. The summed E-state index contributed by atoms with van der Waals surface area (Å²) in [6.45, 7) is 11.5. The summed E-state index contributed by atoms with van der Waals surface area (Å²) in [5, 5.41) is 6.27. The number of pyridine rings is 3. The Bertz CT molecular complexity index is 1260. The second-order valence-electron chi connectivity index (χ2n) is 9.76. The highest BCUT2D eigenvalue weighted by Crippen LogP contribution is 2.46. The molecule has 0 aromatic carbocycles. The number of nitrogens with one attached hydrogen (secondary N) is 2. The van der Waals surface area contributed by atoms with Crippen molar-refractivity contribution in [1.82, 2.24) is 20.3 Å². The van der Waals surface area contributed by atoms with E-state index in [9.17, 15) is 9.18 Å². The fourth-order valence-corrected chi connectivity index (χ4v) is 5.39. The zero-order chi connectivity index (χ0) is 29.9. The van der Waals surface area contributed by atoms with Crippen LogP contribution in [0.5, 0.6) is 11.6 Å². The number of carbonyl (C=O) groups excluding carboxylic acids is 1. The molecular formula is C31H44FN5O4. The molecule has 3 aromatic rings. The number of nitrogens with zero attached hydrogens (tertiary/aromatic N) is 3. The van der Waals surface area contributed by atoms with E-state index < -0.39 is 0 Å². The Morgan fingerprint density at radius 2 is 1.83 bits per heavy atom. The topological polar surface area (TPSA) is 107 Å². The number of aryl methyl sites for hydroxylation is 1. The van der Waals surface area contributed by atoms with Crippen LogP contribution in [-0.4, -0.2) is 52.8 Å². The van der Waals surface area contributed by atoms with Crippen LogP contribution < -0.4 is 20.1 Å². The average molecular weight is 570 g/mol. The molecule has 224 valence electrons. The molecular weight excluding hydrogens is 525 g/mol. The molecule has 10 heteroatoms. The first-order valence-corrected chi connectivity index (χ1v) is 14.7. The van der Waals surface area contributed by atoms with Gasteiger partial charge >= 0.3 is 0 Å². The van der Waals surface area contributed by atoms with E-state index in [-0.39, 0.29) is 17.0 Å². The maximum absolute atomic E-state index is 14.8. The third kappa shape index (κ3) is 7.48. The second kappa shape index (κ2) is 15.0. The maximum Gasteiger partial charge on any atom is 0.213 e. The average Bonchev–Trinajstić information content (AvgIpc) is 3.03. The lowest BCUT2D eigenvalue weighted by atomic mass is 9.69. The largest absolute Gasteiger partial charge is 0.490 e. The second-order valence-corrected chi connectivity index (χ2v) is 9.76. The standard InChI is InChI=1S/C27H32FN5O4.2C2H6/c1-3-36-22-6-4-18(32-25(22)30-17-34)14-31-26-10-12-27(13-11-26,37-16-26)9-8-19-20(28)15-29-21-5-7-23(35-2)33-24(19)21;2*1-2/h4-7,15,17,31H,3,8-14,16H2,1-2H3,(H,30,32,34);2*1-2H3. The van der Waals surface area contributed by atoms with Gasteiger partial charge in [-0.15, -0.1) is 0 Å². The van der Waals surface area contributed by atoms with Crippen molar-refractivity contribution in [3.63, 3.8) is 0 Å². The molecule has 2 aliphatic heterocycles. The van der Waals surface area contributed by atoms with Crippen molar-refractivity contribution in [2.75, 3.05) is 25.6 Å². The van der Waals surface area contributed by atoms with Gasteiger partial charge in [0.15, 0.2) is 11.6 Å².